The van der Waals surface area contributed by atoms with Gasteiger partial charge in [0.1, 0.15) is 5.82 Å². The minimum absolute atomic E-state index is 0.308. The van der Waals surface area contributed by atoms with Crippen LogP contribution in [0.4, 0.5) is 4.39 Å². The van der Waals surface area contributed by atoms with Gasteiger partial charge < -0.3 is 5.32 Å². The minimum atomic E-state index is -0.429. The molecule has 0 saturated heterocycles. The van der Waals surface area contributed by atoms with Crippen molar-refractivity contribution in [1.29, 1.82) is 0 Å². The molecule has 1 aromatic heterocycles. The van der Waals surface area contributed by atoms with Crippen molar-refractivity contribution in [3.63, 3.8) is 0 Å². The fourth-order valence-electron chi connectivity index (χ4n) is 2.30. The maximum Gasteiger partial charge on any atom is 0.251 e. The highest BCUT2D eigenvalue weighted by Gasteiger charge is 2.10. The van der Waals surface area contributed by atoms with Gasteiger partial charge in [0.05, 0.1) is 11.9 Å². The summed E-state index contributed by atoms with van der Waals surface area (Å²) < 4.78 is 15.0. The van der Waals surface area contributed by atoms with E-state index in [9.17, 15) is 9.18 Å². The second-order valence-corrected chi connectivity index (χ2v) is 5.85. The lowest BCUT2D eigenvalue weighted by atomic mass is 10.1. The highest BCUT2D eigenvalue weighted by molar-refractivity contribution is 6.30. The van der Waals surface area contributed by atoms with E-state index in [0.29, 0.717) is 17.1 Å². The summed E-state index contributed by atoms with van der Waals surface area (Å²) in [5, 5.41) is 7.69. The van der Waals surface area contributed by atoms with Crippen molar-refractivity contribution in [2.75, 3.05) is 0 Å². The molecule has 0 aliphatic carbocycles. The van der Waals surface area contributed by atoms with Crippen LogP contribution in [0.15, 0.2) is 54.9 Å². The molecular weight excluding hydrogens is 329 g/mol. The van der Waals surface area contributed by atoms with E-state index in [2.05, 4.69) is 10.4 Å². The Morgan fingerprint density at radius 3 is 2.75 bits per heavy atom. The number of aromatic nitrogens is 2. The highest BCUT2D eigenvalue weighted by atomic mass is 35.5. The normalized spacial score (nSPS) is 10.6. The largest absolute Gasteiger partial charge is 0.348 e. The Hall–Kier alpha value is -2.66. The molecule has 6 heteroatoms. The van der Waals surface area contributed by atoms with Crippen LogP contribution in [0.2, 0.25) is 5.02 Å². The molecule has 0 fully saturated rings. The zero-order chi connectivity index (χ0) is 17.1. The van der Waals surface area contributed by atoms with Gasteiger partial charge >= 0.3 is 0 Å². The van der Waals surface area contributed by atoms with E-state index >= 15 is 0 Å². The van der Waals surface area contributed by atoms with E-state index < -0.39 is 5.82 Å². The number of hydrogen-bond acceptors (Lipinski definition) is 2. The minimum Gasteiger partial charge on any atom is -0.348 e. The Labute approximate surface area is 143 Å². The summed E-state index contributed by atoms with van der Waals surface area (Å²) in [5.74, 6) is -0.743. The van der Waals surface area contributed by atoms with Gasteiger partial charge in [-0.1, -0.05) is 17.7 Å². The van der Waals surface area contributed by atoms with Crippen molar-refractivity contribution in [3.8, 4) is 5.69 Å². The first-order valence-corrected chi connectivity index (χ1v) is 7.74. The van der Waals surface area contributed by atoms with Crippen LogP contribution in [0.3, 0.4) is 0 Å². The van der Waals surface area contributed by atoms with Crippen LogP contribution in [0.25, 0.3) is 5.69 Å². The maximum atomic E-state index is 13.3. The summed E-state index contributed by atoms with van der Waals surface area (Å²) in [4.78, 5) is 12.2. The van der Waals surface area contributed by atoms with E-state index in [0.717, 1.165) is 16.8 Å². The molecule has 24 heavy (non-hydrogen) atoms. The van der Waals surface area contributed by atoms with Gasteiger partial charge in [-0.3, -0.25) is 4.79 Å². The van der Waals surface area contributed by atoms with Crippen LogP contribution in [0.1, 0.15) is 21.5 Å². The number of carbonyl (C=O) groups excluding carboxylic acids is 1. The lowest BCUT2D eigenvalue weighted by Crippen LogP contribution is -2.23. The smallest absolute Gasteiger partial charge is 0.251 e. The van der Waals surface area contributed by atoms with Gasteiger partial charge in [0.25, 0.3) is 5.91 Å². The quantitative estimate of drug-likeness (QED) is 0.781. The van der Waals surface area contributed by atoms with Crippen LogP contribution in [0.5, 0.6) is 0 Å². The van der Waals surface area contributed by atoms with E-state index in [1.165, 1.54) is 12.1 Å². The molecule has 122 valence electrons. The van der Waals surface area contributed by atoms with E-state index in [1.54, 1.807) is 36.0 Å². The molecule has 1 N–H and O–H groups in total. The van der Waals surface area contributed by atoms with E-state index in [-0.39, 0.29) is 5.91 Å². The van der Waals surface area contributed by atoms with Gasteiger partial charge in [-0.2, -0.15) is 5.10 Å². The summed E-state index contributed by atoms with van der Waals surface area (Å²) in [6, 6.07) is 11.4. The molecule has 1 amide bonds. The third kappa shape index (κ3) is 3.63. The zero-order valence-corrected chi connectivity index (χ0v) is 13.7. The molecule has 0 aliphatic heterocycles. The number of benzene rings is 2. The molecule has 1 heterocycles. The standard InChI is InChI=1S/C18H15ClFN3O/c1-12-2-5-15(20)8-17(12)18(24)21-9-13-10-22-23(11-13)16-6-3-14(19)4-7-16/h2-8,10-11H,9H2,1H3,(H,21,24). The number of carbonyl (C=O) groups is 1. The summed E-state index contributed by atoms with van der Waals surface area (Å²) >= 11 is 5.87. The first kappa shape index (κ1) is 16.2. The fourth-order valence-corrected chi connectivity index (χ4v) is 2.43. The van der Waals surface area contributed by atoms with Crippen molar-refractivity contribution in [3.05, 3.63) is 82.4 Å². The topological polar surface area (TPSA) is 46.9 Å². The predicted octanol–water partition coefficient (Wildman–Crippen LogP) is 3.90. The first-order chi connectivity index (χ1) is 11.5. The SMILES string of the molecule is Cc1ccc(F)cc1C(=O)NCc1cnn(-c2ccc(Cl)cc2)c1. The van der Waals surface area contributed by atoms with Crippen LogP contribution in [-0.2, 0) is 6.54 Å². The monoisotopic (exact) mass is 343 g/mol. The average Bonchev–Trinajstić information content (AvgIpc) is 3.04. The van der Waals surface area contributed by atoms with Crippen molar-refractivity contribution < 1.29 is 9.18 Å². The number of rotatable bonds is 4. The third-order valence-corrected chi connectivity index (χ3v) is 3.88. The lowest BCUT2D eigenvalue weighted by Gasteiger charge is -2.06. The second-order valence-electron chi connectivity index (χ2n) is 5.41. The Balaban J connectivity index is 1.68. The Morgan fingerprint density at radius 1 is 1.25 bits per heavy atom. The summed E-state index contributed by atoms with van der Waals surface area (Å²) in [7, 11) is 0. The Morgan fingerprint density at radius 2 is 2.00 bits per heavy atom. The fraction of sp³-hybridized carbons (Fsp3) is 0.111. The number of amides is 1. The van der Waals surface area contributed by atoms with Gasteiger partial charge in [0.2, 0.25) is 0 Å². The van der Waals surface area contributed by atoms with Crippen LogP contribution in [-0.4, -0.2) is 15.7 Å². The number of hydrogen-bond donors (Lipinski definition) is 1. The number of nitrogens with one attached hydrogen (secondary N) is 1. The molecule has 3 aromatic rings. The predicted molar refractivity (Wildman–Crippen MR) is 90.9 cm³/mol. The van der Waals surface area contributed by atoms with Crippen molar-refractivity contribution in [1.82, 2.24) is 15.1 Å². The molecule has 0 atom stereocenters. The molecule has 0 spiro atoms. The second kappa shape index (κ2) is 6.84. The van der Waals surface area contributed by atoms with Crippen molar-refractivity contribution in [2.45, 2.75) is 13.5 Å². The summed E-state index contributed by atoms with van der Waals surface area (Å²) in [6.45, 7) is 2.08. The lowest BCUT2D eigenvalue weighted by molar-refractivity contribution is 0.0950. The Kier molecular flexibility index (Phi) is 4.62. The molecule has 3 rings (SSSR count). The van der Waals surface area contributed by atoms with E-state index in [4.69, 9.17) is 11.6 Å². The number of aryl methyl sites for hydroxylation is 1. The van der Waals surface area contributed by atoms with Gasteiger partial charge in [0.15, 0.2) is 0 Å². The molecule has 4 nitrogen and oxygen atoms in total. The van der Waals surface area contributed by atoms with E-state index in [1.807, 2.05) is 18.3 Å². The Bertz CT molecular complexity index is 874. The molecule has 0 unspecified atom stereocenters. The molecule has 2 aromatic carbocycles. The molecular formula is C18H15ClFN3O. The van der Waals surface area contributed by atoms with Crippen molar-refractivity contribution in [2.24, 2.45) is 0 Å². The molecule has 0 aliphatic rings. The first-order valence-electron chi connectivity index (χ1n) is 7.37. The molecule has 0 radical (unpaired) electrons. The van der Waals surface area contributed by atoms with Gasteiger partial charge in [0, 0.05) is 28.9 Å². The number of halogens is 2. The van der Waals surface area contributed by atoms with Crippen LogP contribution >= 0.6 is 11.6 Å². The summed E-state index contributed by atoms with van der Waals surface area (Å²) in [6.07, 6.45) is 3.50. The van der Waals surface area contributed by atoms with Crippen LogP contribution in [0, 0.1) is 12.7 Å². The van der Waals surface area contributed by atoms with Crippen LogP contribution < -0.4 is 5.32 Å². The van der Waals surface area contributed by atoms with Gasteiger partial charge in [-0.15, -0.1) is 0 Å². The number of nitrogens with zero attached hydrogens (tertiary/aromatic N) is 2. The van der Waals surface area contributed by atoms with Gasteiger partial charge in [-0.05, 0) is 48.9 Å². The molecule has 0 bridgehead atoms. The maximum absolute atomic E-state index is 13.3. The summed E-state index contributed by atoms with van der Waals surface area (Å²) in [5.41, 5.74) is 2.77. The highest BCUT2D eigenvalue weighted by Crippen LogP contribution is 2.14. The zero-order valence-electron chi connectivity index (χ0n) is 13.0. The van der Waals surface area contributed by atoms with Gasteiger partial charge in [-0.25, -0.2) is 9.07 Å². The van der Waals surface area contributed by atoms with Crippen molar-refractivity contribution >= 4 is 17.5 Å². The average molecular weight is 344 g/mol. The molecule has 0 saturated carbocycles. The third-order valence-electron chi connectivity index (χ3n) is 3.62.